The molecule has 66 valence electrons. The van der Waals surface area contributed by atoms with Crippen LogP contribution in [-0.2, 0) is 0 Å². The average molecular weight is 232 g/mol. The third-order valence-corrected chi connectivity index (χ3v) is 1.95. The van der Waals surface area contributed by atoms with Crippen molar-refractivity contribution in [3.05, 3.63) is 22.3 Å². The van der Waals surface area contributed by atoms with Gasteiger partial charge in [0.05, 0.1) is 12.6 Å². The maximum Gasteiger partial charge on any atom is 0.128 e. The first-order chi connectivity index (χ1) is 5.65. The SMILES string of the molecule is Nc1ncc(Br)cc1[C@H](N)CO. The summed E-state index contributed by atoms with van der Waals surface area (Å²) in [7, 11) is 0. The molecule has 5 heteroatoms. The van der Waals surface area contributed by atoms with Gasteiger partial charge in [-0.15, -0.1) is 0 Å². The molecule has 1 rings (SSSR count). The van der Waals surface area contributed by atoms with Gasteiger partial charge in [0, 0.05) is 16.2 Å². The lowest BCUT2D eigenvalue weighted by atomic mass is 10.1. The summed E-state index contributed by atoms with van der Waals surface area (Å²) in [6.07, 6.45) is 1.59. The van der Waals surface area contributed by atoms with Crippen molar-refractivity contribution in [1.29, 1.82) is 0 Å². The van der Waals surface area contributed by atoms with E-state index in [0.717, 1.165) is 4.47 Å². The molecule has 1 heterocycles. The van der Waals surface area contributed by atoms with Crippen molar-refractivity contribution in [3.8, 4) is 0 Å². The molecule has 0 aliphatic carbocycles. The van der Waals surface area contributed by atoms with Crippen LogP contribution in [0.15, 0.2) is 16.7 Å². The predicted molar refractivity (Wildman–Crippen MR) is 50.4 cm³/mol. The molecule has 1 aromatic heterocycles. The zero-order valence-corrected chi connectivity index (χ0v) is 7.95. The molecule has 4 nitrogen and oxygen atoms in total. The van der Waals surface area contributed by atoms with Gasteiger partial charge in [0.15, 0.2) is 0 Å². The lowest BCUT2D eigenvalue weighted by Gasteiger charge is -2.10. The van der Waals surface area contributed by atoms with Crippen LogP contribution in [0.4, 0.5) is 5.82 Å². The Morgan fingerprint density at radius 3 is 2.92 bits per heavy atom. The van der Waals surface area contributed by atoms with Crippen LogP contribution in [0, 0.1) is 0 Å². The number of nitrogen functional groups attached to an aromatic ring is 1. The zero-order chi connectivity index (χ0) is 9.14. The van der Waals surface area contributed by atoms with Crippen molar-refractivity contribution in [2.45, 2.75) is 6.04 Å². The third-order valence-electron chi connectivity index (χ3n) is 1.51. The molecule has 0 spiro atoms. The number of aliphatic hydroxyl groups is 1. The van der Waals surface area contributed by atoms with Crippen LogP contribution in [0.5, 0.6) is 0 Å². The first kappa shape index (κ1) is 9.44. The quantitative estimate of drug-likeness (QED) is 0.689. The highest BCUT2D eigenvalue weighted by Crippen LogP contribution is 2.20. The van der Waals surface area contributed by atoms with Crippen LogP contribution in [-0.4, -0.2) is 16.7 Å². The second-order valence-corrected chi connectivity index (χ2v) is 3.33. The average Bonchev–Trinajstić information content (AvgIpc) is 2.08. The van der Waals surface area contributed by atoms with Crippen LogP contribution in [0.1, 0.15) is 11.6 Å². The summed E-state index contributed by atoms with van der Waals surface area (Å²) in [5.41, 5.74) is 11.8. The van der Waals surface area contributed by atoms with Crippen LogP contribution in [0.3, 0.4) is 0 Å². The van der Waals surface area contributed by atoms with Gasteiger partial charge in [-0.1, -0.05) is 0 Å². The summed E-state index contributed by atoms with van der Waals surface area (Å²) in [5.74, 6) is 0.361. The van der Waals surface area contributed by atoms with Gasteiger partial charge in [0.25, 0.3) is 0 Å². The molecular weight excluding hydrogens is 222 g/mol. The van der Waals surface area contributed by atoms with E-state index in [-0.39, 0.29) is 6.61 Å². The Morgan fingerprint density at radius 1 is 1.67 bits per heavy atom. The number of nitrogens with zero attached hydrogens (tertiary/aromatic N) is 1. The highest BCUT2D eigenvalue weighted by Gasteiger charge is 2.09. The highest BCUT2D eigenvalue weighted by atomic mass is 79.9. The van der Waals surface area contributed by atoms with E-state index in [4.69, 9.17) is 16.6 Å². The van der Waals surface area contributed by atoms with Gasteiger partial charge in [0.2, 0.25) is 0 Å². The van der Waals surface area contributed by atoms with E-state index in [1.807, 2.05) is 0 Å². The Balaban J connectivity index is 3.04. The summed E-state index contributed by atoms with van der Waals surface area (Å²) in [6.45, 7) is -0.137. The van der Waals surface area contributed by atoms with Crippen molar-refractivity contribution in [3.63, 3.8) is 0 Å². The van der Waals surface area contributed by atoms with Crippen molar-refractivity contribution in [2.24, 2.45) is 5.73 Å². The summed E-state index contributed by atoms with van der Waals surface area (Å²) in [4.78, 5) is 3.89. The first-order valence-corrected chi connectivity index (χ1v) is 4.21. The Morgan fingerprint density at radius 2 is 2.33 bits per heavy atom. The number of hydrogen-bond acceptors (Lipinski definition) is 4. The van der Waals surface area contributed by atoms with Gasteiger partial charge in [-0.25, -0.2) is 4.98 Å². The molecule has 1 atom stereocenters. The summed E-state index contributed by atoms with van der Waals surface area (Å²) in [5, 5.41) is 8.78. The van der Waals surface area contributed by atoms with Gasteiger partial charge in [-0.3, -0.25) is 0 Å². The molecule has 0 aliphatic heterocycles. The maximum absolute atomic E-state index is 8.78. The standard InChI is InChI=1S/C7H10BrN3O/c8-4-1-5(6(9)3-12)7(10)11-2-4/h1-2,6,12H,3,9H2,(H2,10,11)/t6-/m1/s1. The fraction of sp³-hybridized carbons (Fsp3) is 0.286. The molecule has 0 aromatic carbocycles. The summed E-state index contributed by atoms with van der Waals surface area (Å²) < 4.78 is 0.801. The lowest BCUT2D eigenvalue weighted by molar-refractivity contribution is 0.268. The number of halogens is 1. The number of rotatable bonds is 2. The van der Waals surface area contributed by atoms with Gasteiger partial charge in [0.1, 0.15) is 5.82 Å². The molecule has 0 fully saturated rings. The molecule has 1 aromatic rings. The molecular formula is C7H10BrN3O. The van der Waals surface area contributed by atoms with Gasteiger partial charge in [-0.2, -0.15) is 0 Å². The summed E-state index contributed by atoms with van der Waals surface area (Å²) in [6, 6.07) is 1.29. The highest BCUT2D eigenvalue weighted by molar-refractivity contribution is 9.10. The second kappa shape index (κ2) is 3.84. The molecule has 0 saturated heterocycles. The van der Waals surface area contributed by atoms with Crippen molar-refractivity contribution in [1.82, 2.24) is 4.98 Å². The summed E-state index contributed by atoms with van der Waals surface area (Å²) >= 11 is 3.24. The minimum atomic E-state index is -0.463. The van der Waals surface area contributed by atoms with E-state index in [1.165, 1.54) is 0 Å². The number of hydrogen-bond donors (Lipinski definition) is 3. The molecule has 5 N–H and O–H groups in total. The Hall–Kier alpha value is -0.650. The molecule has 0 saturated carbocycles. The number of aromatic nitrogens is 1. The van der Waals surface area contributed by atoms with E-state index in [9.17, 15) is 0 Å². The molecule has 0 bridgehead atoms. The maximum atomic E-state index is 8.78. The van der Waals surface area contributed by atoms with Gasteiger partial charge >= 0.3 is 0 Å². The third kappa shape index (κ3) is 1.94. The van der Waals surface area contributed by atoms with Crippen LogP contribution in [0.25, 0.3) is 0 Å². The van der Waals surface area contributed by atoms with Crippen molar-refractivity contribution < 1.29 is 5.11 Å². The van der Waals surface area contributed by atoms with E-state index < -0.39 is 6.04 Å². The topological polar surface area (TPSA) is 85.2 Å². The molecule has 0 aliphatic rings. The van der Waals surface area contributed by atoms with Gasteiger partial charge < -0.3 is 16.6 Å². The Kier molecular flexibility index (Phi) is 3.02. The first-order valence-electron chi connectivity index (χ1n) is 3.42. The largest absolute Gasteiger partial charge is 0.394 e. The minimum absolute atomic E-state index is 0.137. The number of nitrogens with two attached hydrogens (primary N) is 2. The molecule has 0 unspecified atom stereocenters. The van der Waals surface area contributed by atoms with Crippen LogP contribution < -0.4 is 11.5 Å². The van der Waals surface area contributed by atoms with E-state index >= 15 is 0 Å². The predicted octanol–water partition coefficient (Wildman–Crippen LogP) is 0.418. The number of aliphatic hydroxyl groups excluding tert-OH is 1. The molecule has 0 amide bonds. The lowest BCUT2D eigenvalue weighted by Crippen LogP contribution is -2.16. The number of pyridine rings is 1. The molecule has 12 heavy (non-hydrogen) atoms. The normalized spacial score (nSPS) is 12.9. The van der Waals surface area contributed by atoms with E-state index in [2.05, 4.69) is 20.9 Å². The van der Waals surface area contributed by atoms with E-state index in [0.29, 0.717) is 11.4 Å². The monoisotopic (exact) mass is 231 g/mol. The minimum Gasteiger partial charge on any atom is -0.394 e. The van der Waals surface area contributed by atoms with Crippen molar-refractivity contribution in [2.75, 3.05) is 12.3 Å². The second-order valence-electron chi connectivity index (χ2n) is 2.42. The van der Waals surface area contributed by atoms with E-state index in [1.54, 1.807) is 12.3 Å². The Labute approximate surface area is 78.7 Å². The smallest absolute Gasteiger partial charge is 0.128 e. The Bertz CT molecular complexity index is 279. The van der Waals surface area contributed by atoms with Crippen molar-refractivity contribution >= 4 is 21.7 Å². The zero-order valence-electron chi connectivity index (χ0n) is 6.37. The fourth-order valence-electron chi connectivity index (χ4n) is 0.861. The van der Waals surface area contributed by atoms with Gasteiger partial charge in [-0.05, 0) is 22.0 Å². The molecule has 0 radical (unpaired) electrons. The fourth-order valence-corrected chi connectivity index (χ4v) is 1.21. The van der Waals surface area contributed by atoms with Crippen LogP contribution >= 0.6 is 15.9 Å². The number of anilines is 1. The van der Waals surface area contributed by atoms with Crippen LogP contribution in [0.2, 0.25) is 0 Å².